The van der Waals surface area contributed by atoms with E-state index in [9.17, 15) is 4.79 Å². The third-order valence-corrected chi connectivity index (χ3v) is 4.91. The van der Waals surface area contributed by atoms with Gasteiger partial charge >= 0.3 is 0 Å². The summed E-state index contributed by atoms with van der Waals surface area (Å²) in [5.74, 6) is 1.09. The van der Waals surface area contributed by atoms with Crippen molar-refractivity contribution < 1.29 is 9.53 Å². The van der Waals surface area contributed by atoms with Gasteiger partial charge in [-0.15, -0.1) is 11.3 Å². The Balaban J connectivity index is 1.65. The summed E-state index contributed by atoms with van der Waals surface area (Å²) >= 11 is 2.98. The average molecular weight is 342 g/mol. The summed E-state index contributed by atoms with van der Waals surface area (Å²) in [4.78, 5) is 22.0. The van der Waals surface area contributed by atoms with E-state index in [1.807, 2.05) is 23.6 Å². The van der Waals surface area contributed by atoms with Crippen LogP contribution in [0.5, 0.6) is 5.75 Å². The molecule has 0 spiro atoms. The fourth-order valence-corrected chi connectivity index (χ4v) is 3.38. The van der Waals surface area contributed by atoms with Crippen LogP contribution in [0.3, 0.4) is 0 Å². The number of hydrogen-bond donors (Lipinski definition) is 0. The zero-order valence-corrected chi connectivity index (χ0v) is 14.1. The number of ketones is 1. The van der Waals surface area contributed by atoms with Crippen LogP contribution in [0.4, 0.5) is 0 Å². The molecular weight excluding hydrogens is 328 g/mol. The van der Waals surface area contributed by atoms with E-state index in [1.165, 1.54) is 11.8 Å². The third-order valence-electron chi connectivity index (χ3n) is 3.15. The van der Waals surface area contributed by atoms with E-state index < -0.39 is 0 Å². The molecule has 0 amide bonds. The van der Waals surface area contributed by atoms with Gasteiger partial charge in [0.05, 0.1) is 23.4 Å². The molecule has 0 radical (unpaired) electrons. The van der Waals surface area contributed by atoms with Gasteiger partial charge in [-0.3, -0.25) is 4.79 Å². The first-order valence-electron chi connectivity index (χ1n) is 6.93. The van der Waals surface area contributed by atoms with E-state index in [4.69, 9.17) is 4.74 Å². The number of hydrogen-bond acceptors (Lipinski definition) is 6. The van der Waals surface area contributed by atoms with Crippen LogP contribution >= 0.6 is 23.1 Å². The smallest absolute Gasteiger partial charge is 0.188 e. The molecule has 0 fully saturated rings. The number of rotatable bonds is 6. The monoisotopic (exact) mass is 342 g/mol. The molecule has 0 unspecified atom stereocenters. The molecule has 2 aromatic heterocycles. The molecule has 2 heterocycles. The van der Waals surface area contributed by atoms with Gasteiger partial charge in [0.25, 0.3) is 0 Å². The first kappa shape index (κ1) is 15.7. The number of carbonyl (C=O) groups excluding carboxylic acids is 1. The van der Waals surface area contributed by atoms with Gasteiger partial charge in [-0.1, -0.05) is 17.8 Å². The molecule has 1 aromatic carbocycles. The van der Waals surface area contributed by atoms with Gasteiger partial charge in [0.2, 0.25) is 0 Å². The van der Waals surface area contributed by atoms with Gasteiger partial charge in [0.15, 0.2) is 10.9 Å². The Morgan fingerprint density at radius 1 is 1.22 bits per heavy atom. The number of thiophene rings is 1. The number of Topliss-reactive ketones (excluding diaryl/α,β-unsaturated/α-hetero) is 1. The Hall–Kier alpha value is -2.18. The Labute approximate surface area is 142 Å². The summed E-state index contributed by atoms with van der Waals surface area (Å²) in [5.41, 5.74) is 1.54. The summed E-state index contributed by atoms with van der Waals surface area (Å²) < 4.78 is 5.09. The fraction of sp³-hybridized carbons (Fsp3) is 0.118. The molecular formula is C17H14N2O2S2. The standard InChI is InChI=1S/C17H14N2O2S2/c1-21-13-6-4-12(5-7-13)15(20)11-23-17-18-9-8-14(19-17)16-3-2-10-22-16/h2-10H,11H2,1H3. The fourth-order valence-electron chi connectivity index (χ4n) is 1.96. The van der Waals surface area contributed by atoms with Crippen LogP contribution in [0.2, 0.25) is 0 Å². The van der Waals surface area contributed by atoms with Crippen molar-refractivity contribution in [1.82, 2.24) is 9.97 Å². The van der Waals surface area contributed by atoms with Crippen LogP contribution in [0.1, 0.15) is 10.4 Å². The Bertz CT molecular complexity index is 787. The van der Waals surface area contributed by atoms with Crippen molar-refractivity contribution in [2.75, 3.05) is 12.9 Å². The highest BCUT2D eigenvalue weighted by atomic mass is 32.2. The van der Waals surface area contributed by atoms with Crippen molar-refractivity contribution in [3.8, 4) is 16.3 Å². The van der Waals surface area contributed by atoms with Crippen LogP contribution in [0, 0.1) is 0 Å². The summed E-state index contributed by atoms with van der Waals surface area (Å²) in [7, 11) is 1.60. The van der Waals surface area contributed by atoms with E-state index in [0.717, 1.165) is 16.3 Å². The summed E-state index contributed by atoms with van der Waals surface area (Å²) in [5, 5.41) is 2.62. The lowest BCUT2D eigenvalue weighted by atomic mass is 10.1. The van der Waals surface area contributed by atoms with Crippen LogP contribution in [0.25, 0.3) is 10.6 Å². The van der Waals surface area contributed by atoms with Gasteiger partial charge in [0.1, 0.15) is 5.75 Å². The number of thioether (sulfide) groups is 1. The van der Waals surface area contributed by atoms with Crippen LogP contribution < -0.4 is 4.74 Å². The molecule has 0 N–H and O–H groups in total. The Morgan fingerprint density at radius 3 is 2.74 bits per heavy atom. The maximum absolute atomic E-state index is 12.2. The third kappa shape index (κ3) is 3.97. The Morgan fingerprint density at radius 2 is 2.04 bits per heavy atom. The topological polar surface area (TPSA) is 52.1 Å². The van der Waals surface area contributed by atoms with E-state index >= 15 is 0 Å². The molecule has 23 heavy (non-hydrogen) atoms. The second kappa shape index (κ2) is 7.39. The van der Waals surface area contributed by atoms with Gasteiger partial charge in [-0.25, -0.2) is 9.97 Å². The van der Waals surface area contributed by atoms with Crippen molar-refractivity contribution in [3.05, 3.63) is 59.6 Å². The lowest BCUT2D eigenvalue weighted by Crippen LogP contribution is -2.03. The second-order valence-corrected chi connectivity index (χ2v) is 6.53. The number of aromatic nitrogens is 2. The number of nitrogens with zero attached hydrogens (tertiary/aromatic N) is 2. The molecule has 0 atom stereocenters. The zero-order valence-electron chi connectivity index (χ0n) is 12.4. The number of ether oxygens (including phenoxy) is 1. The zero-order chi connectivity index (χ0) is 16.1. The van der Waals surface area contributed by atoms with E-state index in [-0.39, 0.29) is 5.78 Å². The highest BCUT2D eigenvalue weighted by molar-refractivity contribution is 7.99. The van der Waals surface area contributed by atoms with Crippen LogP contribution in [0.15, 0.2) is 59.2 Å². The minimum absolute atomic E-state index is 0.0442. The van der Waals surface area contributed by atoms with Gasteiger partial charge in [-0.05, 0) is 41.8 Å². The van der Waals surface area contributed by atoms with Crippen molar-refractivity contribution in [2.45, 2.75) is 5.16 Å². The molecule has 3 rings (SSSR count). The van der Waals surface area contributed by atoms with Crippen LogP contribution in [-0.2, 0) is 0 Å². The molecule has 4 nitrogen and oxygen atoms in total. The lowest BCUT2D eigenvalue weighted by molar-refractivity contribution is 0.102. The average Bonchev–Trinajstić information content (AvgIpc) is 3.15. The molecule has 116 valence electrons. The van der Waals surface area contributed by atoms with E-state index in [0.29, 0.717) is 16.5 Å². The quantitative estimate of drug-likeness (QED) is 0.382. The molecule has 0 aliphatic rings. The summed E-state index contributed by atoms with van der Waals surface area (Å²) in [6.45, 7) is 0. The predicted octanol–water partition coefficient (Wildman–Crippen LogP) is 4.19. The normalized spacial score (nSPS) is 10.5. The predicted molar refractivity (Wildman–Crippen MR) is 93.4 cm³/mol. The summed E-state index contributed by atoms with van der Waals surface area (Å²) in [6.07, 6.45) is 1.72. The maximum Gasteiger partial charge on any atom is 0.188 e. The number of methoxy groups -OCH3 is 1. The first-order chi connectivity index (χ1) is 11.3. The molecule has 0 saturated heterocycles. The molecule has 0 bridgehead atoms. The van der Waals surface area contributed by atoms with Gasteiger partial charge in [-0.2, -0.15) is 0 Å². The van der Waals surface area contributed by atoms with Crippen molar-refractivity contribution >= 4 is 28.9 Å². The van der Waals surface area contributed by atoms with Crippen molar-refractivity contribution in [3.63, 3.8) is 0 Å². The molecule has 0 aliphatic carbocycles. The molecule has 0 aliphatic heterocycles. The highest BCUT2D eigenvalue weighted by Gasteiger charge is 2.09. The Kier molecular flexibility index (Phi) is 5.05. The van der Waals surface area contributed by atoms with Crippen molar-refractivity contribution in [1.29, 1.82) is 0 Å². The first-order valence-corrected chi connectivity index (χ1v) is 8.80. The SMILES string of the molecule is COc1ccc(C(=O)CSc2nccc(-c3cccs3)n2)cc1. The maximum atomic E-state index is 12.2. The van der Waals surface area contributed by atoms with Crippen LogP contribution in [-0.4, -0.2) is 28.6 Å². The van der Waals surface area contributed by atoms with E-state index in [1.54, 1.807) is 48.9 Å². The highest BCUT2D eigenvalue weighted by Crippen LogP contribution is 2.24. The molecule has 3 aromatic rings. The van der Waals surface area contributed by atoms with Crippen molar-refractivity contribution in [2.24, 2.45) is 0 Å². The minimum Gasteiger partial charge on any atom is -0.497 e. The summed E-state index contributed by atoms with van der Waals surface area (Å²) in [6, 6.07) is 13.0. The second-order valence-electron chi connectivity index (χ2n) is 4.64. The lowest BCUT2D eigenvalue weighted by Gasteiger charge is -2.03. The molecule has 6 heteroatoms. The van der Waals surface area contributed by atoms with Gasteiger partial charge < -0.3 is 4.74 Å². The number of carbonyl (C=O) groups is 1. The molecule has 0 saturated carbocycles. The van der Waals surface area contributed by atoms with Gasteiger partial charge in [0, 0.05) is 11.8 Å². The number of benzene rings is 1. The minimum atomic E-state index is 0.0442. The van der Waals surface area contributed by atoms with E-state index in [2.05, 4.69) is 9.97 Å². The largest absolute Gasteiger partial charge is 0.497 e.